The maximum atomic E-state index is 16.2. The van der Waals surface area contributed by atoms with Crippen LogP contribution in [-0.4, -0.2) is 83.1 Å². The Bertz CT molecular complexity index is 2480. The fraction of sp³-hybridized carbons (Fsp3) is 0.746. The van der Waals surface area contributed by atoms with Gasteiger partial charge in [-0.1, -0.05) is 75.4 Å². The third-order valence-corrected chi connectivity index (χ3v) is 23.1. The summed E-state index contributed by atoms with van der Waals surface area (Å²) in [5, 5.41) is 17.4. The van der Waals surface area contributed by atoms with E-state index in [9.17, 15) is 9.90 Å². The number of aliphatic hydroxyl groups excluding tert-OH is 1. The number of allylic oxidation sites excluding steroid dienone is 1. The molecule has 6 aliphatic heterocycles. The molecule has 70 heavy (non-hydrogen) atoms. The minimum absolute atomic E-state index is 0.0745. The number of benzene rings is 1. The number of cyclic esters (lactones) is 2. The Kier molecular flexibility index (Phi) is 10.0. The van der Waals surface area contributed by atoms with Crippen LogP contribution in [0.4, 0.5) is 0 Å². The number of hydrogen-bond acceptors (Lipinski definition) is 11. The second-order valence-electron chi connectivity index (χ2n) is 26.4. The lowest BCUT2D eigenvalue weighted by molar-refractivity contribution is -0.285. The zero-order valence-corrected chi connectivity index (χ0v) is 41.8. The number of fused-ring (bicyclic) bond motifs is 5. The van der Waals surface area contributed by atoms with Crippen LogP contribution in [0.15, 0.2) is 59.4 Å². The van der Waals surface area contributed by atoms with Crippen LogP contribution in [0.25, 0.3) is 0 Å². The highest BCUT2D eigenvalue weighted by atomic mass is 16.7. The standard InChI is InChI=1S/C59H76N2O9/c1-53(2)46-45(62)47(63)58(39-13-9-12-37(30-39)28-35-10-5-4-6-11-35)44(57(46)33-67-52(65)56(51(57)70-53)25-24-55(32-56)21-7-8-22-55)18-23-54(3)48(68-50(64)49-59(54,58)69-49)41-20-27-66-43(41)17-15-36-14-16-40-38(29-36)19-26-61-34-60-31-42(40)61/h4-6,10-11,19-20,26-27,36-40,42,44,46-49,51,60,63H,7-9,12-18,21-25,28-34H2,1-3H3. The van der Waals surface area contributed by atoms with Gasteiger partial charge in [-0.15, -0.1) is 0 Å². The molecule has 6 aliphatic carbocycles. The van der Waals surface area contributed by atoms with Crippen LogP contribution >= 0.6 is 0 Å². The number of Topliss-reactive ketones (excluding diaryl/α,β-unsaturated/α-hetero) is 1. The first-order valence-electron chi connectivity index (χ1n) is 28.0. The van der Waals surface area contributed by atoms with Gasteiger partial charge in [0.05, 0.1) is 36.0 Å². The van der Waals surface area contributed by atoms with Gasteiger partial charge in [-0.2, -0.15) is 0 Å². The number of ether oxygens (including phenoxy) is 4. The van der Waals surface area contributed by atoms with Crippen molar-refractivity contribution in [2.45, 2.75) is 184 Å². The van der Waals surface area contributed by atoms with E-state index >= 15 is 9.59 Å². The molecular formula is C59H76N2O9. The van der Waals surface area contributed by atoms with Gasteiger partial charge in [-0.05, 0) is 156 Å². The van der Waals surface area contributed by atoms with E-state index in [0.29, 0.717) is 49.0 Å². The molecule has 17 unspecified atom stereocenters. The monoisotopic (exact) mass is 957 g/mol. The average Bonchev–Trinajstić information content (AvgIpc) is 3.94. The number of furan rings is 1. The molecule has 6 saturated carbocycles. The summed E-state index contributed by atoms with van der Waals surface area (Å²) < 4.78 is 34.6. The molecule has 1 aromatic carbocycles. The number of nitrogens with one attached hydrogen (secondary N) is 1. The van der Waals surface area contributed by atoms with Crippen molar-refractivity contribution in [2.75, 3.05) is 19.8 Å². The predicted octanol–water partition coefficient (Wildman–Crippen LogP) is 9.20. The fourth-order valence-corrected chi connectivity index (χ4v) is 20.6. The van der Waals surface area contributed by atoms with Gasteiger partial charge in [-0.25, -0.2) is 4.79 Å². The van der Waals surface area contributed by atoms with Crippen molar-refractivity contribution in [3.05, 3.63) is 71.8 Å². The summed E-state index contributed by atoms with van der Waals surface area (Å²) >= 11 is 0. The highest BCUT2D eigenvalue weighted by molar-refractivity contribution is 5.93. The van der Waals surface area contributed by atoms with E-state index in [-0.39, 0.29) is 35.6 Å². The predicted molar refractivity (Wildman–Crippen MR) is 258 cm³/mol. The number of aliphatic hydroxyl groups is 1. The molecule has 17 atom stereocenters. The third-order valence-electron chi connectivity index (χ3n) is 23.1. The van der Waals surface area contributed by atoms with Crippen LogP contribution in [-0.2, 0) is 46.2 Å². The molecule has 2 N–H and O–H groups in total. The Labute approximate surface area is 413 Å². The van der Waals surface area contributed by atoms with Gasteiger partial charge >= 0.3 is 11.9 Å². The number of carbonyl (C=O) groups excluding carboxylic acids is 3. The lowest BCUT2D eigenvalue weighted by atomic mass is 9.32. The SMILES string of the molecule is CC1(C)OC2C3(CCC4(CCCC4)C3)C(=O)OCC23C1C(=O)C(O)C1(C2CCCC(Cc4ccccc4)C2)C3CCC2(C)C(c3ccoc3CCC3CCC4C(C=CN5CNCC45)C3)OC(=O)C3OC321. The van der Waals surface area contributed by atoms with Crippen LogP contribution < -0.4 is 5.32 Å². The number of epoxide rings is 1. The van der Waals surface area contributed by atoms with E-state index < -0.39 is 69.2 Å². The Morgan fingerprint density at radius 2 is 1.70 bits per heavy atom. The lowest BCUT2D eigenvalue weighted by Gasteiger charge is -2.70. The Balaban J connectivity index is 0.867. The largest absolute Gasteiger partial charge is 0.469 e. The van der Waals surface area contributed by atoms with E-state index in [1.807, 2.05) is 19.9 Å². The minimum Gasteiger partial charge on any atom is -0.469 e. The molecule has 11 nitrogen and oxygen atoms in total. The number of nitrogens with zero attached hydrogens (tertiary/aromatic N) is 1. The van der Waals surface area contributed by atoms with Crippen LogP contribution in [0.2, 0.25) is 0 Å². The number of esters is 2. The molecule has 376 valence electrons. The first-order valence-corrected chi connectivity index (χ1v) is 28.0. The number of rotatable bonds is 7. The van der Waals surface area contributed by atoms with E-state index in [0.717, 1.165) is 95.2 Å². The minimum atomic E-state index is -1.41. The average molecular weight is 957 g/mol. The van der Waals surface area contributed by atoms with E-state index in [4.69, 9.17) is 23.4 Å². The molecule has 4 spiro atoms. The van der Waals surface area contributed by atoms with E-state index in [1.165, 1.54) is 37.7 Å². The fourth-order valence-electron chi connectivity index (χ4n) is 20.6. The van der Waals surface area contributed by atoms with Crippen LogP contribution in [0.5, 0.6) is 0 Å². The molecule has 0 radical (unpaired) electrons. The van der Waals surface area contributed by atoms with Gasteiger partial charge in [0.15, 0.2) is 11.9 Å². The topological polar surface area (TPSA) is 140 Å². The second kappa shape index (κ2) is 15.5. The Hall–Kier alpha value is -3.51. The van der Waals surface area contributed by atoms with Crippen molar-refractivity contribution in [1.29, 1.82) is 0 Å². The molecule has 7 heterocycles. The first kappa shape index (κ1) is 45.1. The molecule has 11 fully saturated rings. The zero-order valence-electron chi connectivity index (χ0n) is 41.8. The van der Waals surface area contributed by atoms with Crippen molar-refractivity contribution >= 4 is 17.7 Å². The molecule has 0 bridgehead atoms. The van der Waals surface area contributed by atoms with Crippen molar-refractivity contribution < 1.29 is 42.9 Å². The molecule has 1 aromatic heterocycles. The summed E-state index contributed by atoms with van der Waals surface area (Å²) in [7, 11) is 0. The normalized spacial score (nSPS) is 47.9. The lowest BCUT2D eigenvalue weighted by Crippen LogP contribution is -2.80. The second-order valence-corrected chi connectivity index (χ2v) is 26.4. The van der Waals surface area contributed by atoms with E-state index in [2.05, 4.69) is 59.7 Å². The van der Waals surface area contributed by atoms with Gasteiger partial charge < -0.3 is 33.4 Å². The van der Waals surface area contributed by atoms with Gasteiger partial charge in [0.25, 0.3) is 0 Å². The van der Waals surface area contributed by atoms with Crippen LogP contribution in [0.1, 0.15) is 153 Å². The molecule has 0 amide bonds. The molecule has 2 aromatic rings. The molecular weight excluding hydrogens is 881 g/mol. The summed E-state index contributed by atoms with van der Waals surface area (Å²) in [6.07, 6.45) is 21.1. The number of hydrogen-bond donors (Lipinski definition) is 2. The highest BCUT2D eigenvalue weighted by Gasteiger charge is 2.94. The molecule has 5 saturated heterocycles. The highest BCUT2D eigenvalue weighted by Crippen LogP contribution is 2.84. The van der Waals surface area contributed by atoms with Gasteiger partial charge in [0, 0.05) is 40.8 Å². The maximum absolute atomic E-state index is 16.2. The Morgan fingerprint density at radius 1 is 0.857 bits per heavy atom. The van der Waals surface area contributed by atoms with Crippen molar-refractivity contribution in [3.63, 3.8) is 0 Å². The van der Waals surface area contributed by atoms with Crippen LogP contribution in [0.3, 0.4) is 0 Å². The summed E-state index contributed by atoms with van der Waals surface area (Å²) in [6.45, 7) is 8.40. The van der Waals surface area contributed by atoms with Gasteiger partial charge in [0.1, 0.15) is 30.2 Å². The van der Waals surface area contributed by atoms with Crippen molar-refractivity contribution in [3.8, 4) is 0 Å². The summed E-state index contributed by atoms with van der Waals surface area (Å²) in [4.78, 5) is 48.5. The zero-order chi connectivity index (χ0) is 47.6. The van der Waals surface area contributed by atoms with Gasteiger partial charge in [0.2, 0.25) is 0 Å². The molecule has 14 rings (SSSR count). The van der Waals surface area contributed by atoms with Crippen molar-refractivity contribution in [1.82, 2.24) is 10.2 Å². The van der Waals surface area contributed by atoms with Crippen molar-refractivity contribution in [2.24, 2.45) is 68.5 Å². The smallest absolute Gasteiger partial charge is 0.339 e. The molecule has 12 aliphatic rings. The quantitative estimate of drug-likeness (QED) is 0.203. The van der Waals surface area contributed by atoms with Crippen LogP contribution in [0, 0.1) is 68.5 Å². The number of ketones is 1. The van der Waals surface area contributed by atoms with E-state index in [1.54, 1.807) is 6.26 Å². The molecule has 11 heteroatoms. The number of aryl methyl sites for hydroxylation is 1. The third kappa shape index (κ3) is 5.81. The first-order chi connectivity index (χ1) is 33.8. The number of carbonyl (C=O) groups is 3. The summed E-state index contributed by atoms with van der Waals surface area (Å²) in [5.74, 6) is 1.09. The summed E-state index contributed by atoms with van der Waals surface area (Å²) in [6, 6.07) is 13.3. The van der Waals surface area contributed by atoms with Gasteiger partial charge in [-0.3, -0.25) is 14.9 Å². The summed E-state index contributed by atoms with van der Waals surface area (Å²) in [5.41, 5.74) is -3.68. The maximum Gasteiger partial charge on any atom is 0.339 e. The Morgan fingerprint density at radius 3 is 2.54 bits per heavy atom.